The number of nitrogens with zero attached hydrogens (tertiary/aromatic N) is 2. The van der Waals surface area contributed by atoms with Gasteiger partial charge >= 0.3 is 5.97 Å². The highest BCUT2D eigenvalue weighted by atomic mass is 35.5. The molecule has 0 spiro atoms. The Kier molecular flexibility index (Phi) is 9.38. The quantitative estimate of drug-likeness (QED) is 0.185. The number of ketones is 1. The third kappa shape index (κ3) is 6.26. The molecular formula is C32H33ClN2O4S. The summed E-state index contributed by atoms with van der Waals surface area (Å²) in [6, 6.07) is 15.0. The Bertz CT molecular complexity index is 1580. The van der Waals surface area contributed by atoms with Crippen LogP contribution in [0.3, 0.4) is 0 Å². The minimum atomic E-state index is -1.04. The van der Waals surface area contributed by atoms with Gasteiger partial charge in [0.1, 0.15) is 5.01 Å². The first kappa shape index (κ1) is 29.4. The van der Waals surface area contributed by atoms with Gasteiger partial charge in [-0.2, -0.15) is 0 Å². The van der Waals surface area contributed by atoms with Crippen molar-refractivity contribution in [2.45, 2.75) is 59.8 Å². The van der Waals surface area contributed by atoms with Gasteiger partial charge in [-0.05, 0) is 54.5 Å². The number of hydrogen-bond acceptors (Lipinski definition) is 5. The lowest BCUT2D eigenvalue weighted by molar-refractivity contribution is -0.136. The molecule has 0 aliphatic heterocycles. The molecule has 2 aromatic carbocycles. The first-order valence-corrected chi connectivity index (χ1v) is 14.8. The summed E-state index contributed by atoms with van der Waals surface area (Å²) in [5.74, 6) is -1.18. The van der Waals surface area contributed by atoms with E-state index in [9.17, 15) is 19.5 Å². The van der Waals surface area contributed by atoms with Crippen molar-refractivity contribution < 1.29 is 14.7 Å². The minimum Gasteiger partial charge on any atom is -0.481 e. The van der Waals surface area contributed by atoms with E-state index >= 15 is 0 Å². The van der Waals surface area contributed by atoms with Crippen LogP contribution in [-0.4, -0.2) is 26.4 Å². The van der Waals surface area contributed by atoms with Gasteiger partial charge in [0.2, 0.25) is 0 Å². The average Bonchev–Trinajstić information content (AvgIpc) is 3.42. The fraction of sp³-hybridized carbons (Fsp3) is 0.312. The lowest BCUT2D eigenvalue weighted by atomic mass is 9.94. The van der Waals surface area contributed by atoms with Gasteiger partial charge in [-0.15, -0.1) is 11.3 Å². The SMILES string of the molecule is CCc1cccc(CC)c1-n1c(CC(C)C)c(C(=O)CCC(=O)O)cc(-c2nc(-c3ccc(Cl)cc3)cs2)c1=O. The molecule has 0 aliphatic rings. The number of aliphatic carboxylic acids is 1. The standard InChI is InChI=1S/C32H33ClN2O4S/c1-5-20-8-7-9-21(6-2)30(20)35-27(16-19(3)4)24(28(36)14-15-29(37)38)17-25(32(35)39)31-34-26(18-40-31)22-10-12-23(33)13-11-22/h7-13,17-19H,5-6,14-16H2,1-4H3,(H,37,38). The second-order valence-corrected chi connectivity index (χ2v) is 11.4. The summed E-state index contributed by atoms with van der Waals surface area (Å²) in [4.78, 5) is 44.1. The van der Waals surface area contributed by atoms with Gasteiger partial charge in [0.15, 0.2) is 5.78 Å². The molecule has 0 saturated heterocycles. The van der Waals surface area contributed by atoms with Gasteiger partial charge in [-0.3, -0.25) is 19.0 Å². The number of carbonyl (C=O) groups is 2. The van der Waals surface area contributed by atoms with E-state index in [1.165, 1.54) is 11.3 Å². The Morgan fingerprint density at radius 1 is 1.02 bits per heavy atom. The summed E-state index contributed by atoms with van der Waals surface area (Å²) in [6.45, 7) is 8.18. The summed E-state index contributed by atoms with van der Waals surface area (Å²) in [5, 5.41) is 12.3. The molecule has 0 atom stereocenters. The normalized spacial score (nSPS) is 11.2. The predicted octanol–water partition coefficient (Wildman–Crippen LogP) is 7.65. The fourth-order valence-corrected chi connectivity index (χ4v) is 5.84. The summed E-state index contributed by atoms with van der Waals surface area (Å²) in [7, 11) is 0. The van der Waals surface area contributed by atoms with E-state index in [2.05, 4.69) is 0 Å². The molecule has 0 radical (unpaired) electrons. The maximum absolute atomic E-state index is 14.4. The molecule has 8 heteroatoms. The van der Waals surface area contributed by atoms with Crippen molar-refractivity contribution in [2.24, 2.45) is 5.92 Å². The van der Waals surface area contributed by atoms with Gasteiger partial charge in [0.05, 0.1) is 23.4 Å². The van der Waals surface area contributed by atoms with E-state index < -0.39 is 5.97 Å². The third-order valence-electron chi connectivity index (χ3n) is 6.83. The molecule has 2 aromatic heterocycles. The Morgan fingerprint density at radius 3 is 2.25 bits per heavy atom. The van der Waals surface area contributed by atoms with Crippen molar-refractivity contribution in [3.05, 3.63) is 91.7 Å². The van der Waals surface area contributed by atoms with Crippen molar-refractivity contribution >= 4 is 34.7 Å². The maximum atomic E-state index is 14.4. The molecule has 0 unspecified atom stereocenters. The number of thiazole rings is 1. The van der Waals surface area contributed by atoms with Crippen molar-refractivity contribution in [1.29, 1.82) is 0 Å². The van der Waals surface area contributed by atoms with Crippen LogP contribution in [-0.2, 0) is 24.1 Å². The van der Waals surface area contributed by atoms with Gasteiger partial charge in [-0.1, -0.05) is 69.6 Å². The van der Waals surface area contributed by atoms with Gasteiger partial charge < -0.3 is 5.11 Å². The lowest BCUT2D eigenvalue weighted by Gasteiger charge is -2.23. The number of benzene rings is 2. The monoisotopic (exact) mass is 576 g/mol. The van der Waals surface area contributed by atoms with Crippen LogP contribution < -0.4 is 5.56 Å². The molecule has 4 rings (SSSR count). The van der Waals surface area contributed by atoms with E-state index in [1.54, 1.807) is 22.8 Å². The smallest absolute Gasteiger partial charge is 0.303 e. The van der Waals surface area contributed by atoms with Crippen LogP contribution in [0.15, 0.2) is 58.7 Å². The van der Waals surface area contributed by atoms with Crippen LogP contribution in [0.25, 0.3) is 27.5 Å². The summed E-state index contributed by atoms with van der Waals surface area (Å²) in [6.07, 6.45) is 1.47. The zero-order valence-electron chi connectivity index (χ0n) is 23.2. The number of carboxylic acids is 1. The number of aromatic nitrogens is 2. The van der Waals surface area contributed by atoms with Crippen LogP contribution >= 0.6 is 22.9 Å². The van der Waals surface area contributed by atoms with E-state index in [0.29, 0.717) is 51.8 Å². The van der Waals surface area contributed by atoms with Crippen molar-refractivity contribution in [1.82, 2.24) is 9.55 Å². The van der Waals surface area contributed by atoms with Crippen molar-refractivity contribution in [3.63, 3.8) is 0 Å². The number of rotatable bonds is 11. The average molecular weight is 577 g/mol. The Balaban J connectivity index is 2.04. The molecule has 2 heterocycles. The topological polar surface area (TPSA) is 89.3 Å². The molecule has 6 nitrogen and oxygen atoms in total. The van der Waals surface area contributed by atoms with Crippen molar-refractivity contribution in [3.8, 4) is 27.5 Å². The summed E-state index contributed by atoms with van der Waals surface area (Å²) < 4.78 is 1.71. The predicted molar refractivity (Wildman–Crippen MR) is 162 cm³/mol. The van der Waals surface area contributed by atoms with E-state index in [4.69, 9.17) is 16.6 Å². The van der Waals surface area contributed by atoms with Crippen LogP contribution in [0.1, 0.15) is 67.7 Å². The number of aryl methyl sites for hydroxylation is 2. The second-order valence-electron chi connectivity index (χ2n) is 10.2. The minimum absolute atomic E-state index is 0.151. The molecule has 4 aromatic rings. The number of para-hydroxylation sites is 1. The molecule has 1 N–H and O–H groups in total. The number of carbonyl (C=O) groups excluding carboxylic acids is 1. The second kappa shape index (κ2) is 12.7. The highest BCUT2D eigenvalue weighted by molar-refractivity contribution is 7.13. The van der Waals surface area contributed by atoms with Gasteiger partial charge in [0, 0.05) is 33.6 Å². The van der Waals surface area contributed by atoms with Crippen LogP contribution in [0.5, 0.6) is 0 Å². The number of carboxylic acid groups (broad SMARTS) is 1. The number of pyridine rings is 1. The fourth-order valence-electron chi connectivity index (χ4n) is 4.88. The summed E-state index contributed by atoms with van der Waals surface area (Å²) in [5.41, 5.74) is 5.47. The number of Topliss-reactive ketones (excluding diaryl/α,β-unsaturated/α-hetero) is 1. The molecular weight excluding hydrogens is 544 g/mol. The Morgan fingerprint density at radius 2 is 1.68 bits per heavy atom. The van der Waals surface area contributed by atoms with Gasteiger partial charge in [0.25, 0.3) is 5.56 Å². The van der Waals surface area contributed by atoms with E-state index in [0.717, 1.165) is 22.4 Å². The maximum Gasteiger partial charge on any atom is 0.303 e. The van der Waals surface area contributed by atoms with E-state index in [1.807, 2.05) is 63.4 Å². The summed E-state index contributed by atoms with van der Waals surface area (Å²) >= 11 is 7.39. The van der Waals surface area contributed by atoms with Crippen LogP contribution in [0.4, 0.5) is 0 Å². The van der Waals surface area contributed by atoms with Crippen LogP contribution in [0.2, 0.25) is 5.02 Å². The molecule has 0 aliphatic carbocycles. The number of halogens is 1. The zero-order chi connectivity index (χ0) is 29.0. The van der Waals surface area contributed by atoms with Gasteiger partial charge in [-0.25, -0.2) is 4.98 Å². The molecule has 0 amide bonds. The first-order chi connectivity index (χ1) is 19.1. The highest BCUT2D eigenvalue weighted by Gasteiger charge is 2.25. The highest BCUT2D eigenvalue weighted by Crippen LogP contribution is 2.32. The molecule has 0 bridgehead atoms. The van der Waals surface area contributed by atoms with E-state index in [-0.39, 0.29) is 30.1 Å². The third-order valence-corrected chi connectivity index (χ3v) is 7.96. The Labute approximate surface area is 243 Å². The van der Waals surface area contributed by atoms with Crippen molar-refractivity contribution in [2.75, 3.05) is 0 Å². The molecule has 40 heavy (non-hydrogen) atoms. The Hall–Kier alpha value is -3.55. The molecule has 0 fully saturated rings. The molecule has 208 valence electrons. The molecule has 0 saturated carbocycles. The first-order valence-electron chi connectivity index (χ1n) is 13.5. The lowest BCUT2D eigenvalue weighted by Crippen LogP contribution is -2.29. The number of hydrogen-bond donors (Lipinski definition) is 1. The zero-order valence-corrected chi connectivity index (χ0v) is 24.7. The van der Waals surface area contributed by atoms with Crippen LogP contribution in [0, 0.1) is 5.92 Å². The largest absolute Gasteiger partial charge is 0.481 e.